The summed E-state index contributed by atoms with van der Waals surface area (Å²) in [7, 11) is 1.54. The van der Waals surface area contributed by atoms with Crippen LogP contribution in [-0.2, 0) is 9.53 Å². The summed E-state index contributed by atoms with van der Waals surface area (Å²) >= 11 is 0. The van der Waals surface area contributed by atoms with Crippen LogP contribution in [0.2, 0.25) is 0 Å². The molecule has 35 heavy (non-hydrogen) atoms. The lowest BCUT2D eigenvalue weighted by Gasteiger charge is -2.21. The molecule has 0 saturated heterocycles. The molecule has 2 aromatic rings. The number of anilines is 2. The summed E-state index contributed by atoms with van der Waals surface area (Å²) in [6, 6.07) is 8.25. The molecule has 0 spiro atoms. The van der Waals surface area contributed by atoms with Crippen molar-refractivity contribution in [2.24, 2.45) is 5.92 Å². The molecule has 1 aliphatic heterocycles. The molecule has 2 aliphatic rings. The maximum absolute atomic E-state index is 14.3. The summed E-state index contributed by atoms with van der Waals surface area (Å²) in [5.41, 5.74) is 0.887. The molecule has 0 aromatic heterocycles. The maximum Gasteiger partial charge on any atom is 0.261 e. The summed E-state index contributed by atoms with van der Waals surface area (Å²) < 4.78 is 19.3. The van der Waals surface area contributed by atoms with Gasteiger partial charge in [-0.15, -0.1) is 0 Å². The molecule has 8 nitrogen and oxygen atoms in total. The highest BCUT2D eigenvalue weighted by atomic mass is 19.1. The molecule has 1 aliphatic carbocycles. The van der Waals surface area contributed by atoms with Gasteiger partial charge in [-0.1, -0.05) is 19.3 Å². The predicted octanol–water partition coefficient (Wildman–Crippen LogP) is 4.23. The van der Waals surface area contributed by atoms with Gasteiger partial charge in [0.25, 0.3) is 17.7 Å². The van der Waals surface area contributed by atoms with E-state index in [1.165, 1.54) is 36.4 Å². The van der Waals surface area contributed by atoms with Crippen LogP contribution in [0.1, 0.15) is 69.6 Å². The Balaban J connectivity index is 1.45. The lowest BCUT2D eigenvalue weighted by Crippen LogP contribution is -2.31. The fourth-order valence-electron chi connectivity index (χ4n) is 4.50. The number of carbonyl (C=O) groups excluding carboxylic acids is 4. The number of nitrogens with zero attached hydrogens (tertiary/aromatic N) is 1. The summed E-state index contributed by atoms with van der Waals surface area (Å²) in [5, 5.41) is 5.31. The van der Waals surface area contributed by atoms with Gasteiger partial charge in [-0.05, 0) is 55.7 Å². The monoisotopic (exact) mass is 481 g/mol. The maximum atomic E-state index is 14.3. The van der Waals surface area contributed by atoms with Crippen molar-refractivity contribution in [2.75, 3.05) is 30.9 Å². The number of nitrogens with one attached hydrogen (secondary N) is 2. The van der Waals surface area contributed by atoms with E-state index in [1.54, 1.807) is 7.11 Å². The third kappa shape index (κ3) is 5.40. The van der Waals surface area contributed by atoms with E-state index in [4.69, 9.17) is 4.74 Å². The quantitative estimate of drug-likeness (QED) is 0.434. The smallest absolute Gasteiger partial charge is 0.261 e. The zero-order valence-electron chi connectivity index (χ0n) is 19.6. The van der Waals surface area contributed by atoms with Gasteiger partial charge in [-0.2, -0.15) is 0 Å². The van der Waals surface area contributed by atoms with Gasteiger partial charge in [0.15, 0.2) is 0 Å². The minimum Gasteiger partial charge on any atom is -0.385 e. The second kappa shape index (κ2) is 10.8. The molecule has 2 N–H and O–H groups in total. The van der Waals surface area contributed by atoms with E-state index in [1.807, 2.05) is 0 Å². The van der Waals surface area contributed by atoms with Crippen LogP contribution in [0, 0.1) is 11.7 Å². The highest BCUT2D eigenvalue weighted by Gasteiger charge is 2.35. The van der Waals surface area contributed by atoms with Crippen LogP contribution < -0.4 is 10.6 Å². The molecule has 1 saturated carbocycles. The normalized spacial score (nSPS) is 15.8. The standard InChI is InChI=1S/C26H28FN3O5/c1-35-13-5-12-30-25(33)19-10-8-17(14-20(19)26(30)34)24(32)28-18-9-11-21(27)22(15-18)29-23(31)16-6-3-2-4-7-16/h8-11,14-16H,2-7,12-13H2,1H3,(H,28,32)(H,29,31). The summed E-state index contributed by atoms with van der Waals surface area (Å²) in [6.07, 6.45) is 5.15. The average Bonchev–Trinajstić information content (AvgIpc) is 3.11. The minimum absolute atomic E-state index is 0.000183. The fraction of sp³-hybridized carbons (Fsp3) is 0.385. The van der Waals surface area contributed by atoms with Gasteiger partial charge < -0.3 is 15.4 Å². The van der Waals surface area contributed by atoms with E-state index in [-0.39, 0.29) is 40.7 Å². The summed E-state index contributed by atoms with van der Waals surface area (Å²) in [4.78, 5) is 51.7. The first-order chi connectivity index (χ1) is 16.9. The number of fused-ring (bicyclic) bond motifs is 1. The first-order valence-corrected chi connectivity index (χ1v) is 11.8. The second-order valence-electron chi connectivity index (χ2n) is 8.84. The topological polar surface area (TPSA) is 105 Å². The Morgan fingerprint density at radius 1 is 1.00 bits per heavy atom. The van der Waals surface area contributed by atoms with Crippen LogP contribution in [0.15, 0.2) is 36.4 Å². The molecule has 0 atom stereocenters. The van der Waals surface area contributed by atoms with Crippen LogP contribution >= 0.6 is 0 Å². The lowest BCUT2D eigenvalue weighted by molar-refractivity contribution is -0.120. The Labute approximate surface area is 202 Å². The van der Waals surface area contributed by atoms with Crippen molar-refractivity contribution in [1.29, 1.82) is 0 Å². The Hall–Kier alpha value is -3.59. The Morgan fingerprint density at radius 2 is 1.74 bits per heavy atom. The molecule has 1 heterocycles. The Morgan fingerprint density at radius 3 is 2.49 bits per heavy atom. The van der Waals surface area contributed by atoms with Gasteiger partial charge in [0.2, 0.25) is 5.91 Å². The van der Waals surface area contributed by atoms with Gasteiger partial charge in [-0.25, -0.2) is 4.39 Å². The first-order valence-electron chi connectivity index (χ1n) is 11.8. The molecule has 0 radical (unpaired) electrons. The van der Waals surface area contributed by atoms with Crippen LogP contribution in [0.4, 0.5) is 15.8 Å². The van der Waals surface area contributed by atoms with Crippen molar-refractivity contribution in [3.63, 3.8) is 0 Å². The summed E-state index contributed by atoms with van der Waals surface area (Å²) in [6.45, 7) is 0.647. The van der Waals surface area contributed by atoms with Crippen molar-refractivity contribution >= 4 is 35.0 Å². The molecule has 9 heteroatoms. The largest absolute Gasteiger partial charge is 0.385 e. The Bertz CT molecular complexity index is 1160. The molecule has 4 amide bonds. The molecule has 0 unspecified atom stereocenters. The van der Waals surface area contributed by atoms with E-state index >= 15 is 0 Å². The van der Waals surface area contributed by atoms with E-state index in [0.29, 0.717) is 18.7 Å². The van der Waals surface area contributed by atoms with Gasteiger partial charge in [-0.3, -0.25) is 24.1 Å². The van der Waals surface area contributed by atoms with E-state index in [0.717, 1.165) is 37.0 Å². The third-order valence-corrected chi connectivity index (χ3v) is 6.42. The van der Waals surface area contributed by atoms with E-state index < -0.39 is 23.5 Å². The lowest BCUT2D eigenvalue weighted by atomic mass is 9.88. The predicted molar refractivity (Wildman–Crippen MR) is 128 cm³/mol. The average molecular weight is 482 g/mol. The van der Waals surface area contributed by atoms with Gasteiger partial charge >= 0.3 is 0 Å². The summed E-state index contributed by atoms with van der Waals surface area (Å²) in [5.74, 6) is -2.33. The van der Waals surface area contributed by atoms with Gasteiger partial charge in [0.05, 0.1) is 16.8 Å². The SMILES string of the molecule is COCCCN1C(=O)c2ccc(C(=O)Nc3ccc(F)c(NC(=O)C4CCCCC4)c3)cc2C1=O. The molecule has 1 fully saturated rings. The van der Waals surface area contributed by atoms with Gasteiger partial charge in [0, 0.05) is 37.4 Å². The van der Waals surface area contributed by atoms with E-state index in [2.05, 4.69) is 10.6 Å². The molecule has 4 rings (SSSR count). The molecular weight excluding hydrogens is 453 g/mol. The molecule has 0 bridgehead atoms. The van der Waals surface area contributed by atoms with E-state index in [9.17, 15) is 23.6 Å². The number of methoxy groups -OCH3 is 1. The number of amides is 4. The number of imide groups is 1. The van der Waals surface area contributed by atoms with Crippen molar-refractivity contribution in [2.45, 2.75) is 38.5 Å². The van der Waals surface area contributed by atoms with Gasteiger partial charge in [0.1, 0.15) is 5.82 Å². The number of ether oxygens (including phenoxy) is 1. The first kappa shape index (κ1) is 24.5. The zero-order valence-corrected chi connectivity index (χ0v) is 19.6. The van der Waals surface area contributed by atoms with Crippen molar-refractivity contribution in [1.82, 2.24) is 4.90 Å². The van der Waals surface area contributed by atoms with Crippen molar-refractivity contribution in [3.8, 4) is 0 Å². The van der Waals surface area contributed by atoms with Crippen LogP contribution in [0.3, 0.4) is 0 Å². The fourth-order valence-corrected chi connectivity index (χ4v) is 4.50. The van der Waals surface area contributed by atoms with Crippen LogP contribution in [-0.4, -0.2) is 48.8 Å². The second-order valence-corrected chi connectivity index (χ2v) is 8.84. The third-order valence-electron chi connectivity index (χ3n) is 6.42. The Kier molecular flexibility index (Phi) is 7.55. The van der Waals surface area contributed by atoms with Crippen molar-refractivity contribution in [3.05, 3.63) is 58.9 Å². The number of hydrogen-bond acceptors (Lipinski definition) is 5. The van der Waals surface area contributed by atoms with Crippen molar-refractivity contribution < 1.29 is 28.3 Å². The minimum atomic E-state index is -0.595. The number of rotatable bonds is 8. The molecule has 2 aromatic carbocycles. The molecule has 184 valence electrons. The number of halogens is 1. The number of benzene rings is 2. The highest BCUT2D eigenvalue weighted by Crippen LogP contribution is 2.28. The van der Waals surface area contributed by atoms with Crippen LogP contribution in [0.25, 0.3) is 0 Å². The molecular formula is C26H28FN3O5. The van der Waals surface area contributed by atoms with Crippen LogP contribution in [0.5, 0.6) is 0 Å². The number of hydrogen-bond donors (Lipinski definition) is 2. The zero-order chi connectivity index (χ0) is 24.9. The highest BCUT2D eigenvalue weighted by molar-refractivity contribution is 6.22. The number of carbonyl (C=O) groups is 4.